The van der Waals surface area contributed by atoms with Gasteiger partial charge in [0.2, 0.25) is 0 Å². The Morgan fingerprint density at radius 1 is 1.25 bits per heavy atom. The first-order valence-corrected chi connectivity index (χ1v) is 15.2. The molecular weight excluding hydrogens is 276 g/mol. The van der Waals surface area contributed by atoms with Gasteiger partial charge < -0.3 is 5.11 Å². The number of hydrogen-bond acceptors (Lipinski definition) is 1. The minimum absolute atomic E-state index is 0.217. The Morgan fingerprint density at radius 2 is 1.80 bits per heavy atom. The molecule has 0 aromatic heterocycles. The van der Waals surface area contributed by atoms with Crippen molar-refractivity contribution in [3.8, 4) is 0 Å². The molecule has 0 saturated heterocycles. The first-order valence-electron chi connectivity index (χ1n) is 8.07. The molecule has 1 aliphatic carbocycles. The third-order valence-electron chi connectivity index (χ3n) is 4.09. The lowest BCUT2D eigenvalue weighted by Gasteiger charge is -2.29. The first kappa shape index (κ1) is 17.9. The van der Waals surface area contributed by atoms with E-state index in [1.807, 2.05) is 0 Å². The van der Waals surface area contributed by atoms with E-state index in [0.29, 0.717) is 5.92 Å². The fourth-order valence-corrected chi connectivity index (χ4v) is 7.44. The molecule has 2 unspecified atom stereocenters. The number of hydrogen-bond donors (Lipinski definition) is 1. The molecular formula is C17H34OSi2. The summed E-state index contributed by atoms with van der Waals surface area (Å²) in [5, 5.41) is 12.0. The molecule has 1 N–H and O–H groups in total. The van der Waals surface area contributed by atoms with Crippen molar-refractivity contribution in [1.82, 2.24) is 0 Å². The Morgan fingerprint density at radius 3 is 2.20 bits per heavy atom. The first-order chi connectivity index (χ1) is 8.95. The van der Waals surface area contributed by atoms with Gasteiger partial charge in [-0.05, 0) is 25.2 Å². The summed E-state index contributed by atoms with van der Waals surface area (Å²) in [5.41, 5.74) is 5.78. The van der Waals surface area contributed by atoms with Crippen LogP contribution in [-0.4, -0.2) is 27.4 Å². The molecule has 0 radical (unpaired) electrons. The molecule has 1 fully saturated rings. The van der Waals surface area contributed by atoms with Crippen molar-refractivity contribution in [1.29, 1.82) is 0 Å². The number of aliphatic hydroxyl groups is 1. The van der Waals surface area contributed by atoms with Crippen molar-refractivity contribution in [3.05, 3.63) is 22.0 Å². The molecule has 0 aromatic rings. The van der Waals surface area contributed by atoms with Crippen LogP contribution in [-0.2, 0) is 0 Å². The van der Waals surface area contributed by atoms with Crippen LogP contribution in [0.1, 0.15) is 33.1 Å². The quantitative estimate of drug-likeness (QED) is 0.711. The van der Waals surface area contributed by atoms with Crippen LogP contribution in [0.5, 0.6) is 0 Å². The predicted octanol–water partition coefficient (Wildman–Crippen LogP) is 5.17. The lowest BCUT2D eigenvalue weighted by atomic mass is 10.0. The van der Waals surface area contributed by atoms with E-state index in [0.717, 1.165) is 12.8 Å². The topological polar surface area (TPSA) is 20.2 Å². The number of aliphatic hydroxyl groups excluding tert-OH is 1. The molecule has 0 spiro atoms. The van der Waals surface area contributed by atoms with Gasteiger partial charge >= 0.3 is 0 Å². The van der Waals surface area contributed by atoms with Crippen LogP contribution < -0.4 is 0 Å². The number of rotatable bonds is 4. The average Bonchev–Trinajstić information content (AvgIpc) is 2.54. The Balaban J connectivity index is 3.21. The lowest BCUT2D eigenvalue weighted by Crippen LogP contribution is -2.34. The zero-order valence-corrected chi connectivity index (χ0v) is 16.8. The van der Waals surface area contributed by atoms with Crippen molar-refractivity contribution in [2.75, 3.05) is 0 Å². The summed E-state index contributed by atoms with van der Waals surface area (Å²) < 4.78 is 0. The van der Waals surface area contributed by atoms with Crippen LogP contribution >= 0.6 is 0 Å². The minimum Gasteiger partial charge on any atom is -0.389 e. The fourth-order valence-electron chi connectivity index (χ4n) is 3.49. The lowest BCUT2D eigenvalue weighted by molar-refractivity contribution is 0.211. The second-order valence-electron chi connectivity index (χ2n) is 8.56. The zero-order valence-electron chi connectivity index (χ0n) is 14.8. The predicted molar refractivity (Wildman–Crippen MR) is 96.5 cm³/mol. The summed E-state index contributed by atoms with van der Waals surface area (Å²) in [4.78, 5) is 0. The van der Waals surface area contributed by atoms with E-state index in [1.165, 1.54) is 11.6 Å². The Hall–Kier alpha value is -0.126. The van der Waals surface area contributed by atoms with Gasteiger partial charge in [-0.25, -0.2) is 0 Å². The molecule has 0 heterocycles. The molecule has 0 bridgehead atoms. The average molecular weight is 311 g/mol. The second kappa shape index (κ2) is 6.33. The molecule has 2 atom stereocenters. The third kappa shape index (κ3) is 4.71. The van der Waals surface area contributed by atoms with Gasteiger partial charge in [-0.3, -0.25) is 0 Å². The molecule has 1 aliphatic rings. The highest BCUT2D eigenvalue weighted by Crippen LogP contribution is 2.41. The van der Waals surface area contributed by atoms with E-state index in [1.54, 1.807) is 11.1 Å². The van der Waals surface area contributed by atoms with E-state index in [9.17, 15) is 5.11 Å². The summed E-state index contributed by atoms with van der Waals surface area (Å²) >= 11 is 0. The summed E-state index contributed by atoms with van der Waals surface area (Å²) in [7, 11) is -2.59. The Labute approximate surface area is 128 Å². The second-order valence-corrected chi connectivity index (χ2v) is 18.6. The van der Waals surface area contributed by atoms with Crippen LogP contribution in [0.25, 0.3) is 0 Å². The van der Waals surface area contributed by atoms with E-state index < -0.39 is 16.1 Å². The van der Waals surface area contributed by atoms with Crippen molar-refractivity contribution in [2.24, 2.45) is 5.92 Å². The van der Waals surface area contributed by atoms with Crippen LogP contribution in [0.3, 0.4) is 0 Å². The molecule has 0 aliphatic heterocycles. The van der Waals surface area contributed by atoms with Gasteiger partial charge in [0.25, 0.3) is 0 Å². The molecule has 0 amide bonds. The Kier molecular flexibility index (Phi) is 5.67. The smallest absolute Gasteiger partial charge is 0.0757 e. The Bertz CT molecular complexity index is 408. The molecule has 1 nitrogen and oxygen atoms in total. The van der Waals surface area contributed by atoms with Gasteiger partial charge in [0.05, 0.1) is 22.3 Å². The van der Waals surface area contributed by atoms with Crippen LogP contribution in [0.4, 0.5) is 0 Å². The molecule has 0 aromatic carbocycles. The van der Waals surface area contributed by atoms with Crippen LogP contribution in [0, 0.1) is 5.92 Å². The highest BCUT2D eigenvalue weighted by Gasteiger charge is 2.33. The molecule has 20 heavy (non-hydrogen) atoms. The monoisotopic (exact) mass is 310 g/mol. The highest BCUT2D eigenvalue weighted by atomic mass is 28.3. The third-order valence-corrected chi connectivity index (χ3v) is 7.64. The maximum atomic E-state index is 10.5. The highest BCUT2D eigenvalue weighted by molar-refractivity contribution is 6.83. The fraction of sp³-hybridized carbons (Fsp3) is 0.765. The van der Waals surface area contributed by atoms with Crippen LogP contribution in [0.15, 0.2) is 22.0 Å². The molecule has 3 heteroatoms. The maximum Gasteiger partial charge on any atom is 0.0757 e. The SMILES string of the molecule is CCC(O)/C(=C1/C/C(=C\[Si](C)(C)C)CC1C)[Si](C)(C)C. The van der Waals surface area contributed by atoms with E-state index >= 15 is 0 Å². The zero-order chi connectivity index (χ0) is 15.7. The van der Waals surface area contributed by atoms with Gasteiger partial charge in [-0.2, -0.15) is 0 Å². The van der Waals surface area contributed by atoms with E-state index in [-0.39, 0.29) is 6.10 Å². The van der Waals surface area contributed by atoms with E-state index in [2.05, 4.69) is 58.8 Å². The van der Waals surface area contributed by atoms with Crippen molar-refractivity contribution < 1.29 is 5.11 Å². The van der Waals surface area contributed by atoms with Crippen molar-refractivity contribution in [2.45, 2.75) is 78.5 Å². The largest absolute Gasteiger partial charge is 0.389 e. The van der Waals surface area contributed by atoms with E-state index in [4.69, 9.17) is 0 Å². The van der Waals surface area contributed by atoms with Gasteiger partial charge in [-0.1, -0.05) is 75.2 Å². The summed E-state index contributed by atoms with van der Waals surface area (Å²) in [6.07, 6.45) is 2.97. The summed E-state index contributed by atoms with van der Waals surface area (Å²) in [6, 6.07) is 0. The minimum atomic E-state index is -1.45. The molecule has 1 rings (SSSR count). The van der Waals surface area contributed by atoms with Crippen molar-refractivity contribution in [3.63, 3.8) is 0 Å². The number of allylic oxidation sites excluding steroid dienone is 2. The van der Waals surface area contributed by atoms with Crippen LogP contribution in [0.2, 0.25) is 39.3 Å². The standard InChI is InChI=1S/C17H34OSi2/c1-9-16(18)17(20(6,7)8)15-11-14(10-13(15)2)12-19(3,4)5/h12-13,16,18H,9-11H2,1-8H3/b14-12-,17-15+. The summed E-state index contributed by atoms with van der Waals surface area (Å²) in [6.45, 7) is 18.8. The maximum absolute atomic E-state index is 10.5. The van der Waals surface area contributed by atoms with Gasteiger partial charge in [0.1, 0.15) is 0 Å². The van der Waals surface area contributed by atoms with Gasteiger partial charge in [-0.15, -0.1) is 0 Å². The van der Waals surface area contributed by atoms with Gasteiger partial charge in [0, 0.05) is 0 Å². The van der Waals surface area contributed by atoms with Gasteiger partial charge in [0.15, 0.2) is 0 Å². The molecule has 116 valence electrons. The van der Waals surface area contributed by atoms with Crippen molar-refractivity contribution >= 4 is 16.1 Å². The summed E-state index contributed by atoms with van der Waals surface area (Å²) in [5.74, 6) is 0.625. The molecule has 1 saturated carbocycles. The normalized spacial score (nSPS) is 27.1.